The number of nitrogens with zero attached hydrogens (tertiary/aromatic N) is 1. The number of amides is 4. The van der Waals surface area contributed by atoms with Crippen molar-refractivity contribution < 1.29 is 42.3 Å². The van der Waals surface area contributed by atoms with Gasteiger partial charge in [0.25, 0.3) is 11.8 Å². The monoisotopic (exact) mass is 569 g/mol. The minimum atomic E-state index is -3.18. The van der Waals surface area contributed by atoms with Gasteiger partial charge < -0.3 is 20.2 Å². The van der Waals surface area contributed by atoms with Crippen LogP contribution in [0.1, 0.15) is 98.3 Å². The largest absolute Gasteiger partial charge is 0.375 e. The number of carbonyl (C=O) groups is 5. The fourth-order valence-electron chi connectivity index (χ4n) is 4.28. The summed E-state index contributed by atoms with van der Waals surface area (Å²) < 4.78 is 34.6. The van der Waals surface area contributed by atoms with E-state index in [4.69, 9.17) is 9.57 Å². The van der Waals surface area contributed by atoms with E-state index in [1.165, 1.54) is 0 Å². The fraction of sp³-hybridized carbons (Fsp3) is 0.750. The van der Waals surface area contributed by atoms with Crippen LogP contribution in [0.5, 0.6) is 0 Å². The molecular formula is C28H41F2N3O7. The van der Waals surface area contributed by atoms with E-state index in [-0.39, 0.29) is 45.1 Å². The maximum Gasteiger partial charge on any atom is 0.333 e. The lowest BCUT2D eigenvalue weighted by Gasteiger charge is -2.31. The van der Waals surface area contributed by atoms with E-state index < -0.39 is 52.6 Å². The summed E-state index contributed by atoms with van der Waals surface area (Å²) in [7, 11) is 0. The van der Waals surface area contributed by atoms with Crippen molar-refractivity contribution in [2.75, 3.05) is 13.2 Å². The van der Waals surface area contributed by atoms with Crippen molar-refractivity contribution in [1.82, 2.24) is 15.7 Å². The average molecular weight is 570 g/mol. The van der Waals surface area contributed by atoms with Gasteiger partial charge in [0, 0.05) is 56.7 Å². The van der Waals surface area contributed by atoms with Gasteiger partial charge in [-0.15, -0.1) is 5.06 Å². The van der Waals surface area contributed by atoms with Crippen LogP contribution < -0.4 is 10.6 Å². The number of hydroxylamine groups is 2. The average Bonchev–Trinajstić information content (AvgIpc) is 3.14. The second kappa shape index (κ2) is 14.5. The SMILES string of the molecule is CC(C)(CCOC(C)(C)CCNC(=O)CCC(=O)ON1C(=O)CCC1=O)NC(=O)CC1CCCCC#CC1(F)F. The molecule has 10 nitrogen and oxygen atoms in total. The lowest BCUT2D eigenvalue weighted by atomic mass is 9.89. The number of nitrogens with one attached hydrogen (secondary N) is 2. The van der Waals surface area contributed by atoms with Crippen molar-refractivity contribution in [3.05, 3.63) is 0 Å². The van der Waals surface area contributed by atoms with Crippen molar-refractivity contribution >= 4 is 29.6 Å². The molecule has 1 atom stereocenters. The third-order valence-electron chi connectivity index (χ3n) is 6.81. The molecule has 1 aliphatic carbocycles. The van der Waals surface area contributed by atoms with Crippen LogP contribution in [-0.4, -0.2) is 64.9 Å². The molecule has 1 fully saturated rings. The Morgan fingerprint density at radius 3 is 2.38 bits per heavy atom. The normalized spacial score (nSPS) is 19.2. The number of rotatable bonds is 14. The quantitative estimate of drug-likeness (QED) is 0.243. The van der Waals surface area contributed by atoms with Crippen LogP contribution in [0.25, 0.3) is 0 Å². The minimum Gasteiger partial charge on any atom is -0.375 e. The summed E-state index contributed by atoms with van der Waals surface area (Å²) in [5, 5.41) is 5.97. The molecule has 0 saturated carbocycles. The summed E-state index contributed by atoms with van der Waals surface area (Å²) >= 11 is 0. The second-order valence-electron chi connectivity index (χ2n) is 11.5. The van der Waals surface area contributed by atoms with Crippen LogP contribution in [0, 0.1) is 17.8 Å². The first-order valence-electron chi connectivity index (χ1n) is 13.8. The van der Waals surface area contributed by atoms with Crippen LogP contribution in [0.15, 0.2) is 0 Å². The number of hydrogen-bond donors (Lipinski definition) is 2. The van der Waals surface area contributed by atoms with Gasteiger partial charge in [0.15, 0.2) is 0 Å². The first-order valence-corrected chi connectivity index (χ1v) is 13.8. The molecule has 1 heterocycles. The Hall–Kier alpha value is -3.07. The van der Waals surface area contributed by atoms with Crippen LogP contribution in [0.3, 0.4) is 0 Å². The highest BCUT2D eigenvalue weighted by atomic mass is 19.3. The summed E-state index contributed by atoms with van der Waals surface area (Å²) in [6.45, 7) is 7.88. The summed E-state index contributed by atoms with van der Waals surface area (Å²) in [5.74, 6) is -2.60. The molecule has 0 radical (unpaired) electrons. The highest BCUT2D eigenvalue weighted by Crippen LogP contribution is 2.33. The van der Waals surface area contributed by atoms with E-state index in [9.17, 15) is 32.8 Å². The standard InChI is InChI=1S/C28H41F2N3O7/c1-26(2,32-22(35)19-20-9-7-5-6-8-14-28(20,29)30)16-18-39-27(3,4)15-17-31-21(34)10-13-25(38)40-33-23(36)11-12-24(33)37/h20H,5-7,9-13,15-19H2,1-4H3,(H,31,34)(H,32,35). The van der Waals surface area contributed by atoms with Gasteiger partial charge >= 0.3 is 11.9 Å². The number of imide groups is 1. The van der Waals surface area contributed by atoms with Crippen molar-refractivity contribution in [2.24, 2.45) is 5.92 Å². The molecule has 2 rings (SSSR count). The van der Waals surface area contributed by atoms with Crippen molar-refractivity contribution in [2.45, 2.75) is 115 Å². The Kier molecular flexibility index (Phi) is 12.0. The van der Waals surface area contributed by atoms with Crippen LogP contribution >= 0.6 is 0 Å². The smallest absolute Gasteiger partial charge is 0.333 e. The molecule has 0 aromatic rings. The van der Waals surface area contributed by atoms with Crippen LogP contribution in [0.2, 0.25) is 0 Å². The molecule has 0 spiro atoms. The maximum absolute atomic E-state index is 14.3. The molecule has 0 bridgehead atoms. The first-order chi connectivity index (χ1) is 18.6. The summed E-state index contributed by atoms with van der Waals surface area (Å²) in [4.78, 5) is 64.1. The van der Waals surface area contributed by atoms with Gasteiger partial charge in [-0.3, -0.25) is 19.2 Å². The van der Waals surface area contributed by atoms with Crippen molar-refractivity contribution in [3.63, 3.8) is 0 Å². The molecule has 1 saturated heterocycles. The van der Waals surface area contributed by atoms with Gasteiger partial charge in [0.05, 0.1) is 12.0 Å². The Balaban J connectivity index is 1.65. The Labute approximate surface area is 234 Å². The third kappa shape index (κ3) is 11.6. The highest BCUT2D eigenvalue weighted by molar-refractivity contribution is 6.01. The number of carbonyl (C=O) groups excluding carboxylic acids is 5. The molecule has 1 unspecified atom stereocenters. The van der Waals surface area contributed by atoms with E-state index in [1.54, 1.807) is 13.8 Å². The number of halogens is 2. The van der Waals surface area contributed by atoms with E-state index >= 15 is 0 Å². The van der Waals surface area contributed by atoms with Crippen LogP contribution in [-0.2, 0) is 33.5 Å². The van der Waals surface area contributed by atoms with Gasteiger partial charge in [0.2, 0.25) is 11.8 Å². The molecule has 4 amide bonds. The summed E-state index contributed by atoms with van der Waals surface area (Å²) in [6, 6.07) is 0. The Morgan fingerprint density at radius 1 is 1.02 bits per heavy atom. The molecule has 224 valence electrons. The summed E-state index contributed by atoms with van der Waals surface area (Å²) in [6.07, 6.45) is 2.24. The Morgan fingerprint density at radius 2 is 1.70 bits per heavy atom. The molecule has 2 N–H and O–H groups in total. The zero-order chi connectivity index (χ0) is 30.0. The Bertz CT molecular complexity index is 1000. The van der Waals surface area contributed by atoms with Crippen LogP contribution in [0.4, 0.5) is 8.78 Å². The van der Waals surface area contributed by atoms with E-state index in [1.807, 2.05) is 19.8 Å². The number of hydrogen-bond acceptors (Lipinski definition) is 7. The number of alkyl halides is 2. The zero-order valence-corrected chi connectivity index (χ0v) is 23.8. The van der Waals surface area contributed by atoms with Gasteiger partial charge in [-0.2, -0.15) is 8.78 Å². The number of ether oxygens (including phenoxy) is 1. The van der Waals surface area contributed by atoms with Gasteiger partial charge in [-0.1, -0.05) is 12.3 Å². The molecular weight excluding hydrogens is 528 g/mol. The molecule has 40 heavy (non-hydrogen) atoms. The minimum absolute atomic E-state index is 0.00544. The second-order valence-corrected chi connectivity index (χ2v) is 11.5. The molecule has 12 heteroatoms. The van der Waals surface area contributed by atoms with E-state index in [0.717, 1.165) is 6.42 Å². The lowest BCUT2D eigenvalue weighted by molar-refractivity contribution is -0.197. The van der Waals surface area contributed by atoms with Crippen molar-refractivity contribution in [1.29, 1.82) is 0 Å². The highest BCUT2D eigenvalue weighted by Gasteiger charge is 2.39. The predicted octanol–water partition coefficient (Wildman–Crippen LogP) is 3.18. The molecule has 2 aliphatic rings. The molecule has 0 aromatic carbocycles. The maximum atomic E-state index is 14.3. The zero-order valence-electron chi connectivity index (χ0n) is 23.8. The van der Waals surface area contributed by atoms with Gasteiger partial charge in [-0.25, -0.2) is 4.79 Å². The van der Waals surface area contributed by atoms with Gasteiger partial charge in [0.1, 0.15) is 0 Å². The topological polar surface area (TPSA) is 131 Å². The molecule has 1 aliphatic heterocycles. The fourth-order valence-corrected chi connectivity index (χ4v) is 4.28. The lowest BCUT2D eigenvalue weighted by Crippen LogP contribution is -2.46. The predicted molar refractivity (Wildman–Crippen MR) is 140 cm³/mol. The third-order valence-corrected chi connectivity index (χ3v) is 6.81. The first kappa shape index (κ1) is 33.1. The van der Waals surface area contributed by atoms with Gasteiger partial charge in [-0.05, 0) is 59.3 Å². The molecule has 0 aromatic heterocycles. The van der Waals surface area contributed by atoms with E-state index in [2.05, 4.69) is 16.6 Å². The van der Waals surface area contributed by atoms with Crippen molar-refractivity contribution in [3.8, 4) is 11.8 Å². The summed E-state index contributed by atoms with van der Waals surface area (Å²) in [5.41, 5.74) is -1.29. The van der Waals surface area contributed by atoms with E-state index in [0.29, 0.717) is 37.4 Å².